The summed E-state index contributed by atoms with van der Waals surface area (Å²) in [5, 5.41) is 34.4. The molecule has 0 bridgehead atoms. The molecule has 0 spiro atoms. The molecular formula is C6H11O5. The Balaban J connectivity index is 4.03. The van der Waals surface area contributed by atoms with Gasteiger partial charge in [0, 0.05) is 0 Å². The summed E-state index contributed by atoms with van der Waals surface area (Å²) in [6, 6.07) is 0. The molecule has 11 heavy (non-hydrogen) atoms. The van der Waals surface area contributed by atoms with Gasteiger partial charge in [-0.1, -0.05) is 0 Å². The molecule has 0 saturated carbocycles. The summed E-state index contributed by atoms with van der Waals surface area (Å²) >= 11 is 0. The third-order valence-corrected chi connectivity index (χ3v) is 1.34. The van der Waals surface area contributed by atoms with E-state index in [4.69, 9.17) is 20.4 Å². The lowest BCUT2D eigenvalue weighted by molar-refractivity contribution is -0.00982. The molecule has 5 nitrogen and oxygen atoms in total. The predicted molar refractivity (Wildman–Crippen MR) is 35.4 cm³/mol. The molecule has 2 atom stereocenters. The van der Waals surface area contributed by atoms with Crippen LogP contribution in [0.15, 0.2) is 0 Å². The minimum absolute atomic E-state index is 0.642. The van der Waals surface area contributed by atoms with Gasteiger partial charge in [0.15, 0.2) is 0 Å². The van der Waals surface area contributed by atoms with Crippen LogP contribution >= 0.6 is 0 Å². The van der Waals surface area contributed by atoms with Crippen molar-refractivity contribution in [3.05, 3.63) is 0 Å². The van der Waals surface area contributed by atoms with Crippen LogP contribution in [0.1, 0.15) is 0 Å². The second-order valence-electron chi connectivity index (χ2n) is 2.14. The molecule has 0 aliphatic carbocycles. The minimum Gasteiger partial charge on any atom is -0.394 e. The highest BCUT2D eigenvalue weighted by molar-refractivity contribution is 5.56. The van der Waals surface area contributed by atoms with Crippen LogP contribution in [0.25, 0.3) is 0 Å². The van der Waals surface area contributed by atoms with Gasteiger partial charge in [0.05, 0.1) is 31.3 Å². The molecule has 0 saturated heterocycles. The number of carbonyl (C=O) groups excluding carboxylic acids is 1. The van der Waals surface area contributed by atoms with E-state index in [1.165, 1.54) is 6.29 Å². The molecular weight excluding hydrogens is 152 g/mol. The molecule has 0 aliphatic rings. The van der Waals surface area contributed by atoms with Crippen molar-refractivity contribution in [1.82, 2.24) is 0 Å². The predicted octanol–water partition coefficient (Wildman–Crippen LogP) is -2.58. The Bertz CT molecular complexity index is 106. The molecule has 5 heteroatoms. The molecule has 2 unspecified atom stereocenters. The molecule has 4 N–H and O–H groups in total. The topological polar surface area (TPSA) is 98.0 Å². The first kappa shape index (κ1) is 10.5. The quantitative estimate of drug-likeness (QED) is 0.357. The van der Waals surface area contributed by atoms with Gasteiger partial charge < -0.3 is 20.4 Å². The van der Waals surface area contributed by atoms with E-state index >= 15 is 0 Å². The monoisotopic (exact) mass is 163 g/mol. The summed E-state index contributed by atoms with van der Waals surface area (Å²) in [4.78, 5) is 10.0. The standard InChI is InChI=1S/C6H11O5/c7-1-4(5(10)2-8)6(11)3-9/h4-6,8-11H,2-3H2. The third kappa shape index (κ3) is 2.94. The molecule has 0 aliphatic heterocycles. The van der Waals surface area contributed by atoms with Crippen molar-refractivity contribution in [2.75, 3.05) is 13.2 Å². The normalized spacial score (nSPS) is 18.9. The van der Waals surface area contributed by atoms with Crippen LogP contribution in [0, 0.1) is 5.92 Å². The largest absolute Gasteiger partial charge is 0.394 e. The van der Waals surface area contributed by atoms with Gasteiger partial charge in [0.2, 0.25) is 6.29 Å². The SMILES string of the molecule is O=[C]C(C(O)CO)C(O)CO. The highest BCUT2D eigenvalue weighted by Crippen LogP contribution is 2.05. The summed E-state index contributed by atoms with van der Waals surface area (Å²) in [6.45, 7) is -1.28. The second kappa shape index (κ2) is 5.20. The Morgan fingerprint density at radius 1 is 1.09 bits per heavy atom. The molecule has 65 valence electrons. The molecule has 0 amide bonds. The third-order valence-electron chi connectivity index (χ3n) is 1.34. The lowest BCUT2D eigenvalue weighted by Gasteiger charge is -2.18. The van der Waals surface area contributed by atoms with Crippen LogP contribution in [-0.4, -0.2) is 52.1 Å². The summed E-state index contributed by atoms with van der Waals surface area (Å²) < 4.78 is 0. The van der Waals surface area contributed by atoms with E-state index in [1.807, 2.05) is 0 Å². The number of aliphatic hydroxyl groups excluding tert-OH is 4. The van der Waals surface area contributed by atoms with Crippen LogP contribution in [0.3, 0.4) is 0 Å². The van der Waals surface area contributed by atoms with Crippen LogP contribution in [0.5, 0.6) is 0 Å². The van der Waals surface area contributed by atoms with Crippen molar-refractivity contribution in [3.8, 4) is 0 Å². The highest BCUT2D eigenvalue weighted by Gasteiger charge is 2.26. The lowest BCUT2D eigenvalue weighted by Crippen LogP contribution is -2.37. The zero-order chi connectivity index (χ0) is 8.85. The Labute approximate surface area is 63.9 Å². The minimum atomic E-state index is -1.37. The van der Waals surface area contributed by atoms with Gasteiger partial charge in [0.1, 0.15) is 0 Å². The fourth-order valence-electron chi connectivity index (χ4n) is 0.641. The fraction of sp³-hybridized carbons (Fsp3) is 0.833. The lowest BCUT2D eigenvalue weighted by atomic mass is 9.99. The van der Waals surface area contributed by atoms with Gasteiger partial charge in [-0.05, 0) is 0 Å². The molecule has 0 heterocycles. The number of hydrogen-bond acceptors (Lipinski definition) is 5. The first-order valence-corrected chi connectivity index (χ1v) is 3.12. The van der Waals surface area contributed by atoms with Gasteiger partial charge in [0.25, 0.3) is 0 Å². The van der Waals surface area contributed by atoms with Crippen LogP contribution in [-0.2, 0) is 4.79 Å². The Morgan fingerprint density at radius 3 is 1.64 bits per heavy atom. The van der Waals surface area contributed by atoms with Gasteiger partial charge in [-0.15, -0.1) is 0 Å². The summed E-state index contributed by atoms with van der Waals surface area (Å²) in [5.41, 5.74) is 0. The van der Waals surface area contributed by atoms with Gasteiger partial charge in [-0.25, -0.2) is 0 Å². The number of rotatable bonds is 5. The Hall–Kier alpha value is -0.490. The van der Waals surface area contributed by atoms with Crippen molar-refractivity contribution >= 4 is 6.29 Å². The highest BCUT2D eigenvalue weighted by atomic mass is 16.3. The van der Waals surface area contributed by atoms with E-state index in [-0.39, 0.29) is 0 Å². The maximum absolute atomic E-state index is 10.0. The van der Waals surface area contributed by atoms with Crippen molar-refractivity contribution in [1.29, 1.82) is 0 Å². The molecule has 0 aromatic carbocycles. The first-order chi connectivity index (χ1) is 5.17. The fourth-order valence-corrected chi connectivity index (χ4v) is 0.641. The first-order valence-electron chi connectivity index (χ1n) is 3.12. The van der Waals surface area contributed by atoms with E-state index in [1.54, 1.807) is 0 Å². The van der Waals surface area contributed by atoms with E-state index in [9.17, 15) is 4.79 Å². The zero-order valence-corrected chi connectivity index (χ0v) is 5.84. The average molecular weight is 163 g/mol. The Kier molecular flexibility index (Phi) is 4.97. The molecule has 0 fully saturated rings. The van der Waals surface area contributed by atoms with Crippen LogP contribution in [0.2, 0.25) is 0 Å². The number of hydrogen-bond donors (Lipinski definition) is 4. The maximum Gasteiger partial charge on any atom is 0.207 e. The van der Waals surface area contributed by atoms with Crippen LogP contribution < -0.4 is 0 Å². The molecule has 0 aromatic rings. The smallest absolute Gasteiger partial charge is 0.207 e. The summed E-state index contributed by atoms with van der Waals surface area (Å²) in [5.74, 6) is -1.25. The Morgan fingerprint density at radius 2 is 1.45 bits per heavy atom. The zero-order valence-electron chi connectivity index (χ0n) is 5.84. The average Bonchev–Trinajstić information content (AvgIpc) is 2.05. The van der Waals surface area contributed by atoms with Crippen molar-refractivity contribution < 1.29 is 25.2 Å². The van der Waals surface area contributed by atoms with Gasteiger partial charge >= 0.3 is 0 Å². The van der Waals surface area contributed by atoms with Crippen molar-refractivity contribution in [2.45, 2.75) is 12.2 Å². The number of aliphatic hydroxyl groups is 4. The van der Waals surface area contributed by atoms with Gasteiger partial charge in [-0.2, -0.15) is 0 Å². The molecule has 1 radical (unpaired) electrons. The maximum atomic E-state index is 10.0. The van der Waals surface area contributed by atoms with E-state index in [2.05, 4.69) is 0 Å². The van der Waals surface area contributed by atoms with Crippen LogP contribution in [0.4, 0.5) is 0 Å². The van der Waals surface area contributed by atoms with Crippen molar-refractivity contribution in [3.63, 3.8) is 0 Å². The second-order valence-corrected chi connectivity index (χ2v) is 2.14. The molecule has 0 aromatic heterocycles. The van der Waals surface area contributed by atoms with E-state index in [0.717, 1.165) is 0 Å². The van der Waals surface area contributed by atoms with E-state index in [0.29, 0.717) is 0 Å². The van der Waals surface area contributed by atoms with E-state index < -0.39 is 31.3 Å². The van der Waals surface area contributed by atoms with Crippen molar-refractivity contribution in [2.24, 2.45) is 5.92 Å². The summed E-state index contributed by atoms with van der Waals surface area (Å²) in [6.07, 6.45) is -1.40. The summed E-state index contributed by atoms with van der Waals surface area (Å²) in [7, 11) is 0. The van der Waals surface area contributed by atoms with Gasteiger partial charge in [-0.3, -0.25) is 4.79 Å². The molecule has 0 rings (SSSR count).